The third-order valence-electron chi connectivity index (χ3n) is 5.06. The lowest BCUT2D eigenvalue weighted by Crippen LogP contribution is -2.56. The van der Waals surface area contributed by atoms with Crippen molar-refractivity contribution in [2.45, 2.75) is 84.3 Å². The first kappa shape index (κ1) is 32.7. The Morgan fingerprint density at radius 3 is 1.82 bits per heavy atom. The molecule has 0 bridgehead atoms. The van der Waals surface area contributed by atoms with Crippen molar-refractivity contribution in [2.75, 3.05) is 12.0 Å². The number of esters is 1. The van der Waals surface area contributed by atoms with Gasteiger partial charge in [-0.3, -0.25) is 14.4 Å². The standard InChI is InChI=1S/C26H40N4O7S/c1-16(27-22(32)18(3)29-25(35)36-15-19-11-9-8-10-12-19)21(31)28-17(2)23(33)30-20(13-14-38-7)24(34)37-26(4,5)6/h8-12,16-18,20H,13-15H2,1-7H3,(H,27,32)(H,28,31)(H,29,35)(H,30,33)/t16-,17-,18-,20-/m0/s1. The second-order valence-electron chi connectivity index (χ2n) is 9.76. The highest BCUT2D eigenvalue weighted by molar-refractivity contribution is 7.98. The zero-order valence-electron chi connectivity index (χ0n) is 23.1. The Morgan fingerprint density at radius 1 is 0.816 bits per heavy atom. The number of thioether (sulfide) groups is 1. The molecule has 11 nitrogen and oxygen atoms in total. The van der Waals surface area contributed by atoms with Gasteiger partial charge >= 0.3 is 12.1 Å². The van der Waals surface area contributed by atoms with Gasteiger partial charge in [-0.2, -0.15) is 11.8 Å². The van der Waals surface area contributed by atoms with Gasteiger partial charge in [0.1, 0.15) is 36.4 Å². The minimum atomic E-state index is -1.000. The number of carbonyl (C=O) groups excluding carboxylic acids is 5. The molecule has 212 valence electrons. The summed E-state index contributed by atoms with van der Waals surface area (Å²) in [5.74, 6) is -1.71. The van der Waals surface area contributed by atoms with E-state index in [1.54, 1.807) is 32.9 Å². The van der Waals surface area contributed by atoms with E-state index in [1.807, 2.05) is 24.5 Å². The van der Waals surface area contributed by atoms with E-state index < -0.39 is 59.6 Å². The molecule has 4 N–H and O–H groups in total. The van der Waals surface area contributed by atoms with Crippen LogP contribution >= 0.6 is 11.8 Å². The van der Waals surface area contributed by atoms with Crippen LogP contribution in [-0.4, -0.2) is 71.6 Å². The van der Waals surface area contributed by atoms with E-state index in [0.717, 1.165) is 5.56 Å². The van der Waals surface area contributed by atoms with Gasteiger partial charge in [0.2, 0.25) is 17.7 Å². The topological polar surface area (TPSA) is 152 Å². The highest BCUT2D eigenvalue weighted by atomic mass is 32.2. The molecule has 0 saturated heterocycles. The van der Waals surface area contributed by atoms with Crippen LogP contribution in [-0.2, 0) is 35.3 Å². The fourth-order valence-corrected chi connectivity index (χ4v) is 3.44. The van der Waals surface area contributed by atoms with Gasteiger partial charge in [-0.25, -0.2) is 9.59 Å². The SMILES string of the molecule is CSCC[C@H](NC(=O)[C@H](C)NC(=O)[C@H](C)NC(=O)[C@H](C)NC(=O)OCc1ccccc1)C(=O)OC(C)(C)C. The third kappa shape index (κ3) is 12.8. The number of hydrogen-bond acceptors (Lipinski definition) is 8. The smallest absolute Gasteiger partial charge is 0.408 e. The van der Waals surface area contributed by atoms with E-state index >= 15 is 0 Å². The van der Waals surface area contributed by atoms with Gasteiger partial charge in [0.15, 0.2) is 0 Å². The van der Waals surface area contributed by atoms with Crippen molar-refractivity contribution in [3.63, 3.8) is 0 Å². The van der Waals surface area contributed by atoms with Crippen LogP contribution in [0.5, 0.6) is 0 Å². The number of benzene rings is 1. The predicted molar refractivity (Wildman–Crippen MR) is 145 cm³/mol. The Bertz CT molecular complexity index is 953. The molecule has 0 fully saturated rings. The van der Waals surface area contributed by atoms with Crippen LogP contribution in [0, 0.1) is 0 Å². The Kier molecular flexibility index (Phi) is 13.7. The van der Waals surface area contributed by atoms with Crippen molar-refractivity contribution < 1.29 is 33.4 Å². The van der Waals surface area contributed by atoms with Crippen LogP contribution < -0.4 is 21.3 Å². The molecule has 0 aliphatic carbocycles. The molecule has 1 aromatic rings. The number of hydrogen-bond donors (Lipinski definition) is 4. The molecule has 0 spiro atoms. The average molecular weight is 553 g/mol. The molecule has 0 heterocycles. The summed E-state index contributed by atoms with van der Waals surface area (Å²) in [5, 5.41) is 10.0. The molecule has 1 aromatic carbocycles. The van der Waals surface area contributed by atoms with E-state index in [4.69, 9.17) is 9.47 Å². The second-order valence-corrected chi connectivity index (χ2v) is 10.8. The normalized spacial score (nSPS) is 14.2. The molecule has 4 atom stereocenters. The van der Waals surface area contributed by atoms with E-state index in [0.29, 0.717) is 12.2 Å². The summed E-state index contributed by atoms with van der Waals surface area (Å²) in [7, 11) is 0. The minimum absolute atomic E-state index is 0.0475. The first-order valence-electron chi connectivity index (χ1n) is 12.3. The van der Waals surface area contributed by atoms with Crippen LogP contribution in [0.1, 0.15) is 53.5 Å². The van der Waals surface area contributed by atoms with Gasteiger partial charge in [0.25, 0.3) is 0 Å². The molecule has 0 aliphatic heterocycles. The Hall–Kier alpha value is -3.28. The van der Waals surface area contributed by atoms with Crippen LogP contribution in [0.25, 0.3) is 0 Å². The number of ether oxygens (including phenoxy) is 2. The predicted octanol–water partition coefficient (Wildman–Crippen LogP) is 1.89. The monoisotopic (exact) mass is 552 g/mol. The van der Waals surface area contributed by atoms with Crippen molar-refractivity contribution >= 4 is 41.5 Å². The minimum Gasteiger partial charge on any atom is -0.458 e. The summed E-state index contributed by atoms with van der Waals surface area (Å²) in [6.45, 7) is 9.62. The molecule has 38 heavy (non-hydrogen) atoms. The molecule has 1 rings (SSSR count). The molecule has 0 aliphatic rings. The van der Waals surface area contributed by atoms with Crippen molar-refractivity contribution in [3.05, 3.63) is 35.9 Å². The summed E-state index contributed by atoms with van der Waals surface area (Å²) < 4.78 is 10.5. The number of carbonyl (C=O) groups is 5. The maximum atomic E-state index is 12.7. The summed E-state index contributed by atoms with van der Waals surface area (Å²) in [5.41, 5.74) is 0.0854. The van der Waals surface area contributed by atoms with E-state index in [1.165, 1.54) is 32.5 Å². The first-order valence-corrected chi connectivity index (χ1v) is 13.7. The Labute approximate surface area is 228 Å². The summed E-state index contributed by atoms with van der Waals surface area (Å²) >= 11 is 1.53. The lowest BCUT2D eigenvalue weighted by molar-refractivity contribution is -0.158. The summed E-state index contributed by atoms with van der Waals surface area (Å²) in [6, 6.07) is 5.25. The zero-order chi connectivity index (χ0) is 28.9. The molecule has 0 radical (unpaired) electrons. The van der Waals surface area contributed by atoms with Crippen molar-refractivity contribution in [3.8, 4) is 0 Å². The molecule has 12 heteroatoms. The number of rotatable bonds is 13. The molecule has 0 saturated carbocycles. The van der Waals surface area contributed by atoms with Gasteiger partial charge < -0.3 is 30.7 Å². The zero-order valence-corrected chi connectivity index (χ0v) is 23.9. The van der Waals surface area contributed by atoms with Gasteiger partial charge in [-0.1, -0.05) is 30.3 Å². The molecular formula is C26H40N4O7S. The van der Waals surface area contributed by atoms with Gasteiger partial charge in [-0.15, -0.1) is 0 Å². The summed E-state index contributed by atoms with van der Waals surface area (Å²) in [6.07, 6.45) is 1.48. The maximum absolute atomic E-state index is 12.7. The molecule has 4 amide bonds. The molecular weight excluding hydrogens is 512 g/mol. The van der Waals surface area contributed by atoms with E-state index in [9.17, 15) is 24.0 Å². The highest BCUT2D eigenvalue weighted by Crippen LogP contribution is 2.11. The van der Waals surface area contributed by atoms with Crippen molar-refractivity contribution in [1.29, 1.82) is 0 Å². The maximum Gasteiger partial charge on any atom is 0.408 e. The Balaban J connectivity index is 2.55. The fraction of sp³-hybridized carbons (Fsp3) is 0.577. The van der Waals surface area contributed by atoms with Crippen LogP contribution in [0.15, 0.2) is 30.3 Å². The van der Waals surface area contributed by atoms with Gasteiger partial charge in [0, 0.05) is 0 Å². The third-order valence-corrected chi connectivity index (χ3v) is 5.71. The second kappa shape index (κ2) is 15.9. The largest absolute Gasteiger partial charge is 0.458 e. The van der Waals surface area contributed by atoms with Gasteiger partial charge in [0.05, 0.1) is 0 Å². The number of nitrogens with one attached hydrogen (secondary N) is 4. The first-order chi connectivity index (χ1) is 17.7. The molecule has 0 unspecified atom stereocenters. The quantitative estimate of drug-likeness (QED) is 0.271. The van der Waals surface area contributed by atoms with Crippen LogP contribution in [0.2, 0.25) is 0 Å². The van der Waals surface area contributed by atoms with Crippen LogP contribution in [0.3, 0.4) is 0 Å². The summed E-state index contributed by atoms with van der Waals surface area (Å²) in [4.78, 5) is 62.2. The Morgan fingerprint density at radius 2 is 1.32 bits per heavy atom. The fourth-order valence-electron chi connectivity index (χ4n) is 2.97. The lowest BCUT2D eigenvalue weighted by Gasteiger charge is -2.26. The number of amides is 4. The lowest BCUT2D eigenvalue weighted by atomic mass is 10.1. The van der Waals surface area contributed by atoms with E-state index in [-0.39, 0.29) is 6.61 Å². The number of alkyl carbamates (subject to hydrolysis) is 1. The van der Waals surface area contributed by atoms with Gasteiger partial charge in [-0.05, 0) is 65.5 Å². The van der Waals surface area contributed by atoms with Crippen LogP contribution in [0.4, 0.5) is 4.79 Å². The molecule has 0 aromatic heterocycles. The van der Waals surface area contributed by atoms with E-state index in [2.05, 4.69) is 21.3 Å². The van der Waals surface area contributed by atoms with Crippen molar-refractivity contribution in [2.24, 2.45) is 0 Å². The van der Waals surface area contributed by atoms with Crippen molar-refractivity contribution in [1.82, 2.24) is 21.3 Å². The highest BCUT2D eigenvalue weighted by Gasteiger charge is 2.29. The average Bonchev–Trinajstić information content (AvgIpc) is 2.84.